The zero-order chi connectivity index (χ0) is 15.5. The summed E-state index contributed by atoms with van der Waals surface area (Å²) in [4.78, 5) is 12.7. The molecule has 0 N–H and O–H groups in total. The van der Waals surface area contributed by atoms with E-state index < -0.39 is 10.9 Å². The van der Waals surface area contributed by atoms with Crippen LogP contribution in [-0.4, -0.2) is 60.1 Å². The summed E-state index contributed by atoms with van der Waals surface area (Å²) in [5.41, 5.74) is 0.284. The Morgan fingerprint density at radius 3 is 1.70 bits per heavy atom. The Bertz CT molecular complexity index is 441. The second-order valence-corrected chi connectivity index (χ2v) is 8.01. The molecule has 20 heavy (non-hydrogen) atoms. The largest absolute Gasteiger partial charge is 0.872 e. The maximum absolute atomic E-state index is 12.2. The van der Waals surface area contributed by atoms with Gasteiger partial charge in [-0.1, -0.05) is 12.1 Å². The molecule has 0 amide bonds. The highest BCUT2D eigenvalue weighted by atomic mass is 32.3. The van der Waals surface area contributed by atoms with Crippen molar-refractivity contribution in [3.05, 3.63) is 29.2 Å². The van der Waals surface area contributed by atoms with Gasteiger partial charge in [0.2, 0.25) is 0 Å². The van der Waals surface area contributed by atoms with Gasteiger partial charge < -0.3 is 5.11 Å². The monoisotopic (exact) mass is 302 g/mol. The summed E-state index contributed by atoms with van der Waals surface area (Å²) in [7, 11) is 9.04. The molecule has 114 valence electrons. The second-order valence-electron chi connectivity index (χ2n) is 4.73. The van der Waals surface area contributed by atoms with E-state index in [9.17, 15) is 10.0 Å². The summed E-state index contributed by atoms with van der Waals surface area (Å²) >= 11 is 0. The summed E-state index contributed by atoms with van der Waals surface area (Å²) in [6.07, 6.45) is 0. The molecule has 0 saturated heterocycles. The predicted octanol–water partition coefficient (Wildman–Crippen LogP) is 1.25. The van der Waals surface area contributed by atoms with Crippen molar-refractivity contribution in [2.24, 2.45) is 0 Å². The van der Waals surface area contributed by atoms with Crippen LogP contribution < -0.4 is 5.11 Å². The van der Waals surface area contributed by atoms with Gasteiger partial charge in [0.15, 0.2) is 10.9 Å². The third kappa shape index (κ3) is 3.21. The quantitative estimate of drug-likeness (QED) is 0.737. The predicted molar refractivity (Wildman–Crippen MR) is 78.9 cm³/mol. The Hall–Kier alpha value is -1.35. The van der Waals surface area contributed by atoms with Gasteiger partial charge in [-0.2, -0.15) is 0 Å². The number of nitrogens with zero attached hydrogens (tertiary/aromatic N) is 4. The molecule has 0 saturated carbocycles. The summed E-state index contributed by atoms with van der Waals surface area (Å²) < 4.78 is 11.3. The number of benzene rings is 1. The topological polar surface area (TPSA) is 62.1 Å². The van der Waals surface area contributed by atoms with E-state index in [0.29, 0.717) is 4.92 Å². The van der Waals surface area contributed by atoms with Gasteiger partial charge in [-0.3, -0.25) is 0 Å². The van der Waals surface area contributed by atoms with Gasteiger partial charge in [0, 0.05) is 54.4 Å². The van der Waals surface area contributed by atoms with E-state index in [1.54, 1.807) is 0 Å². The molecule has 8 heteroatoms. The Labute approximate surface area is 121 Å². The molecule has 0 heterocycles. The lowest BCUT2D eigenvalue weighted by Crippen LogP contribution is -2.43. The van der Waals surface area contributed by atoms with Crippen LogP contribution in [0.15, 0.2) is 24.3 Å². The average Bonchev–Trinajstić information content (AvgIpc) is 2.35. The third-order valence-electron chi connectivity index (χ3n) is 2.64. The minimum Gasteiger partial charge on any atom is -0.872 e. The van der Waals surface area contributed by atoms with E-state index in [1.165, 1.54) is 24.3 Å². The van der Waals surface area contributed by atoms with E-state index in [2.05, 4.69) is 0 Å². The van der Waals surface area contributed by atoms with Gasteiger partial charge in [0.05, 0.1) is 4.91 Å². The molecule has 0 fully saturated rings. The molecule has 0 bridgehead atoms. The fourth-order valence-corrected chi connectivity index (χ4v) is 4.51. The third-order valence-corrected chi connectivity index (χ3v) is 5.83. The molecule has 0 aliphatic rings. The van der Waals surface area contributed by atoms with Crippen LogP contribution in [0.25, 0.3) is 0 Å². The first-order valence-electron chi connectivity index (χ1n) is 6.01. The lowest BCUT2D eigenvalue weighted by atomic mass is 10.3. The molecule has 0 atom stereocenters. The molecule has 0 radical (unpaired) electrons. The van der Waals surface area contributed by atoms with Crippen LogP contribution in [0.3, 0.4) is 0 Å². The number of rotatable bonds is 6. The highest BCUT2D eigenvalue weighted by Crippen LogP contribution is 2.54. The van der Waals surface area contributed by atoms with E-state index >= 15 is 0 Å². The summed E-state index contributed by atoms with van der Waals surface area (Å²) in [5.74, 6) is -0.145. The van der Waals surface area contributed by atoms with Crippen molar-refractivity contribution >= 4 is 16.6 Å². The van der Waals surface area contributed by atoms with Crippen LogP contribution in [0, 0.1) is 4.91 Å². The van der Waals surface area contributed by atoms with Gasteiger partial charge in [-0.25, -0.2) is 12.9 Å². The van der Waals surface area contributed by atoms with Gasteiger partial charge in [-0.15, -0.1) is 10.0 Å². The lowest BCUT2D eigenvalue weighted by Gasteiger charge is -2.46. The van der Waals surface area contributed by atoms with Gasteiger partial charge in [-0.05, 0) is 0 Å². The fraction of sp³-hybridized carbons (Fsp3) is 0.500. The molecule has 1 rings (SSSR count). The van der Waals surface area contributed by atoms with Gasteiger partial charge >= 0.3 is 5.69 Å². The highest BCUT2D eigenvalue weighted by molar-refractivity contribution is 8.23. The summed E-state index contributed by atoms with van der Waals surface area (Å²) in [6, 6.07) is 5.56. The molecule has 0 unspecified atom stereocenters. The minimum absolute atomic E-state index is 0.145. The van der Waals surface area contributed by atoms with Crippen LogP contribution in [0.5, 0.6) is 5.75 Å². The maximum Gasteiger partial charge on any atom is 0.318 e. The zero-order valence-corrected chi connectivity index (χ0v) is 13.5. The van der Waals surface area contributed by atoms with Crippen LogP contribution in [0.4, 0.5) is 5.69 Å². The number of hydrogen-bond donors (Lipinski definition) is 0. The van der Waals surface area contributed by atoms with E-state index in [4.69, 9.17) is 4.28 Å². The molecule has 0 aromatic heterocycles. The van der Waals surface area contributed by atoms with Crippen molar-refractivity contribution in [3.63, 3.8) is 0 Å². The van der Waals surface area contributed by atoms with Crippen LogP contribution in [0.2, 0.25) is 0 Å². The van der Waals surface area contributed by atoms with E-state index in [-0.39, 0.29) is 11.4 Å². The van der Waals surface area contributed by atoms with E-state index in [0.717, 1.165) is 0 Å². The Kier molecular flexibility index (Phi) is 5.35. The van der Waals surface area contributed by atoms with Gasteiger partial charge in [0.25, 0.3) is 4.92 Å². The summed E-state index contributed by atoms with van der Waals surface area (Å²) in [5, 5.41) is 11.1. The molecule has 1 aromatic rings. The van der Waals surface area contributed by atoms with Crippen molar-refractivity contribution < 1.29 is 14.3 Å². The highest BCUT2D eigenvalue weighted by Gasteiger charge is 2.42. The van der Waals surface area contributed by atoms with Crippen LogP contribution >= 0.6 is 10.9 Å². The molecule has 0 spiro atoms. The van der Waals surface area contributed by atoms with Crippen molar-refractivity contribution in [1.82, 2.24) is 12.9 Å². The molecule has 1 aromatic carbocycles. The fourth-order valence-electron chi connectivity index (χ4n) is 1.88. The van der Waals surface area contributed by atoms with Crippen LogP contribution in [0.1, 0.15) is 0 Å². The standard InChI is InChI=1S/C12H22N4O3S/c1-13(2)20(14(3)4,15(5)6)19-16(18)11-7-9-12(17)10-8-11/h7-10H,1-6H3. The maximum atomic E-state index is 12.2. The van der Waals surface area contributed by atoms with Crippen molar-refractivity contribution in [1.29, 1.82) is 0 Å². The molecular formula is C12H22N4O3S. The molecule has 7 nitrogen and oxygen atoms in total. The van der Waals surface area contributed by atoms with Crippen LogP contribution in [-0.2, 0) is 4.28 Å². The first kappa shape index (κ1) is 16.7. The first-order chi connectivity index (χ1) is 9.21. The van der Waals surface area contributed by atoms with Crippen molar-refractivity contribution in [3.8, 4) is 5.75 Å². The SMILES string of the molecule is CN(C)S(O[N+](=O)c1ccc([O-])cc1)(N(C)C)N(C)C. The Morgan fingerprint density at radius 2 is 1.35 bits per heavy atom. The second kappa shape index (κ2) is 6.40. The Balaban J connectivity index is 3.07. The van der Waals surface area contributed by atoms with Crippen molar-refractivity contribution in [2.45, 2.75) is 0 Å². The Morgan fingerprint density at radius 1 is 0.950 bits per heavy atom. The summed E-state index contributed by atoms with van der Waals surface area (Å²) in [6.45, 7) is 0. The van der Waals surface area contributed by atoms with Crippen molar-refractivity contribution in [2.75, 3.05) is 42.3 Å². The minimum atomic E-state index is -2.07. The lowest BCUT2D eigenvalue weighted by molar-refractivity contribution is -0.699. The normalized spacial score (nSPS) is 13.1. The van der Waals surface area contributed by atoms with Gasteiger partial charge in [0.1, 0.15) is 0 Å². The average molecular weight is 302 g/mol. The first-order valence-corrected chi connectivity index (χ1v) is 7.44. The molecule has 0 aliphatic heterocycles. The molecular weight excluding hydrogens is 280 g/mol. The van der Waals surface area contributed by atoms with E-state index in [1.807, 2.05) is 55.2 Å². The molecule has 0 aliphatic carbocycles. The smallest absolute Gasteiger partial charge is 0.318 e. The number of hydrogen-bond acceptors (Lipinski definition) is 6. The zero-order valence-electron chi connectivity index (χ0n) is 12.7.